The fourth-order valence-corrected chi connectivity index (χ4v) is 2.53. The lowest BCUT2D eigenvalue weighted by Crippen LogP contribution is -2.03. The van der Waals surface area contributed by atoms with E-state index in [4.69, 9.17) is 16.0 Å². The van der Waals surface area contributed by atoms with Crippen LogP contribution in [-0.2, 0) is 0 Å². The quantitative estimate of drug-likeness (QED) is 0.455. The van der Waals surface area contributed by atoms with Gasteiger partial charge in [0.25, 0.3) is 0 Å². The average molecular weight is 282 g/mol. The van der Waals surface area contributed by atoms with E-state index in [1.807, 2.05) is 30.3 Å². The summed E-state index contributed by atoms with van der Waals surface area (Å²) in [5.41, 5.74) is 1.54. The highest BCUT2D eigenvalue weighted by Crippen LogP contribution is 2.23. The second-order valence-electron chi connectivity index (χ2n) is 4.61. The molecule has 4 heteroatoms. The first-order chi connectivity index (χ1) is 9.72. The number of fused-ring (bicyclic) bond motifs is 3. The third-order valence-corrected chi connectivity index (χ3v) is 3.56. The van der Waals surface area contributed by atoms with Gasteiger partial charge in [-0.15, -0.1) is 0 Å². The maximum absolute atomic E-state index is 12.5. The molecule has 0 aliphatic heterocycles. The van der Waals surface area contributed by atoms with Gasteiger partial charge in [-0.05, 0) is 30.3 Å². The molecule has 0 fully saturated rings. The predicted molar refractivity (Wildman–Crippen MR) is 80.3 cm³/mol. The maximum Gasteiger partial charge on any atom is 0.231 e. The first-order valence-corrected chi connectivity index (χ1v) is 6.52. The number of rotatable bonds is 0. The van der Waals surface area contributed by atoms with E-state index in [2.05, 4.69) is 4.98 Å². The molecule has 2 aromatic carbocycles. The zero-order valence-electron chi connectivity index (χ0n) is 10.3. The van der Waals surface area contributed by atoms with Crippen molar-refractivity contribution in [1.82, 2.24) is 4.98 Å². The van der Waals surface area contributed by atoms with E-state index in [0.29, 0.717) is 27.1 Å². The SMILES string of the molecule is O=c1c2cc(Cl)ccc2oc2nc3ccccc3cc12. The molecule has 4 rings (SSSR count). The van der Waals surface area contributed by atoms with E-state index in [0.717, 1.165) is 10.9 Å². The minimum atomic E-state index is -0.109. The molecule has 2 heterocycles. The second kappa shape index (κ2) is 4.05. The van der Waals surface area contributed by atoms with Crippen molar-refractivity contribution in [2.45, 2.75) is 0 Å². The molecule has 4 aromatic rings. The minimum absolute atomic E-state index is 0.109. The van der Waals surface area contributed by atoms with Gasteiger partial charge in [0.05, 0.1) is 16.3 Å². The van der Waals surface area contributed by atoms with Gasteiger partial charge in [-0.2, -0.15) is 0 Å². The van der Waals surface area contributed by atoms with Gasteiger partial charge >= 0.3 is 0 Å². The monoisotopic (exact) mass is 281 g/mol. The van der Waals surface area contributed by atoms with E-state index < -0.39 is 0 Å². The molecule has 0 N–H and O–H groups in total. The first-order valence-electron chi connectivity index (χ1n) is 6.14. The van der Waals surface area contributed by atoms with Crippen LogP contribution in [0.3, 0.4) is 0 Å². The fraction of sp³-hybridized carbons (Fsp3) is 0. The summed E-state index contributed by atoms with van der Waals surface area (Å²) in [5, 5.41) is 2.37. The van der Waals surface area contributed by atoms with E-state index in [-0.39, 0.29) is 5.43 Å². The van der Waals surface area contributed by atoms with Crippen LogP contribution in [0.1, 0.15) is 0 Å². The number of halogens is 1. The van der Waals surface area contributed by atoms with Gasteiger partial charge in [0, 0.05) is 10.4 Å². The van der Waals surface area contributed by atoms with Crippen molar-refractivity contribution in [1.29, 1.82) is 0 Å². The van der Waals surface area contributed by atoms with Gasteiger partial charge in [0.1, 0.15) is 5.58 Å². The van der Waals surface area contributed by atoms with Crippen molar-refractivity contribution >= 4 is 44.6 Å². The first kappa shape index (κ1) is 11.4. The molecule has 0 radical (unpaired) electrons. The topological polar surface area (TPSA) is 43.1 Å². The summed E-state index contributed by atoms with van der Waals surface area (Å²) in [4.78, 5) is 16.9. The van der Waals surface area contributed by atoms with Gasteiger partial charge in [0.15, 0.2) is 0 Å². The molecule has 0 spiro atoms. The van der Waals surface area contributed by atoms with Gasteiger partial charge in [-0.1, -0.05) is 29.8 Å². The molecule has 0 aliphatic carbocycles. The van der Waals surface area contributed by atoms with Crippen LogP contribution < -0.4 is 5.43 Å². The zero-order valence-corrected chi connectivity index (χ0v) is 11.0. The Balaban J connectivity index is 2.26. The van der Waals surface area contributed by atoms with Crippen LogP contribution in [0.2, 0.25) is 5.02 Å². The van der Waals surface area contributed by atoms with Crippen molar-refractivity contribution in [2.75, 3.05) is 0 Å². The third-order valence-electron chi connectivity index (χ3n) is 3.33. The lowest BCUT2D eigenvalue weighted by Gasteiger charge is -2.03. The molecule has 0 unspecified atom stereocenters. The van der Waals surface area contributed by atoms with Crippen LogP contribution in [-0.4, -0.2) is 4.98 Å². The van der Waals surface area contributed by atoms with Crippen molar-refractivity contribution < 1.29 is 4.42 Å². The molecule has 0 saturated carbocycles. The van der Waals surface area contributed by atoms with Crippen molar-refractivity contribution in [2.24, 2.45) is 0 Å². The molecular formula is C16H8ClNO2. The summed E-state index contributed by atoms with van der Waals surface area (Å²) >= 11 is 5.94. The Hall–Kier alpha value is -2.39. The zero-order chi connectivity index (χ0) is 13.7. The minimum Gasteiger partial charge on any atom is -0.437 e. The van der Waals surface area contributed by atoms with Gasteiger partial charge < -0.3 is 4.42 Å². The van der Waals surface area contributed by atoms with Crippen LogP contribution in [0.4, 0.5) is 0 Å². The van der Waals surface area contributed by atoms with Crippen molar-refractivity contribution in [3.05, 3.63) is 63.8 Å². The molecule has 0 aliphatic rings. The average Bonchev–Trinajstić information content (AvgIpc) is 2.47. The number of aromatic nitrogens is 1. The number of hydrogen-bond acceptors (Lipinski definition) is 3. The highest BCUT2D eigenvalue weighted by atomic mass is 35.5. The highest BCUT2D eigenvalue weighted by Gasteiger charge is 2.10. The molecule has 20 heavy (non-hydrogen) atoms. The normalized spacial score (nSPS) is 11.4. The Bertz CT molecular complexity index is 1040. The van der Waals surface area contributed by atoms with E-state index in [1.165, 1.54) is 0 Å². The Morgan fingerprint density at radius 2 is 1.85 bits per heavy atom. The molecule has 0 bridgehead atoms. The molecule has 0 amide bonds. The van der Waals surface area contributed by atoms with Gasteiger partial charge in [-0.25, -0.2) is 4.98 Å². The van der Waals surface area contributed by atoms with Crippen molar-refractivity contribution in [3.63, 3.8) is 0 Å². The lowest BCUT2D eigenvalue weighted by atomic mass is 10.1. The lowest BCUT2D eigenvalue weighted by molar-refractivity contribution is 0.647. The van der Waals surface area contributed by atoms with Crippen LogP contribution in [0, 0.1) is 0 Å². The molecule has 3 nitrogen and oxygen atoms in total. The number of para-hydroxylation sites is 1. The summed E-state index contributed by atoms with van der Waals surface area (Å²) in [6, 6.07) is 14.4. The highest BCUT2D eigenvalue weighted by molar-refractivity contribution is 6.31. The summed E-state index contributed by atoms with van der Waals surface area (Å²) in [7, 11) is 0. The third kappa shape index (κ3) is 1.60. The van der Waals surface area contributed by atoms with Crippen LogP contribution in [0.25, 0.3) is 33.0 Å². The molecule has 0 atom stereocenters. The number of nitrogens with zero attached hydrogens (tertiary/aromatic N) is 1. The molecule has 0 saturated heterocycles. The largest absolute Gasteiger partial charge is 0.437 e. The number of benzene rings is 2. The summed E-state index contributed by atoms with van der Waals surface area (Å²) in [5.74, 6) is 0. The Kier molecular flexibility index (Phi) is 2.32. The molecule has 2 aromatic heterocycles. The second-order valence-corrected chi connectivity index (χ2v) is 5.04. The van der Waals surface area contributed by atoms with E-state index in [9.17, 15) is 4.79 Å². The number of hydrogen-bond donors (Lipinski definition) is 0. The van der Waals surface area contributed by atoms with E-state index in [1.54, 1.807) is 18.2 Å². The Morgan fingerprint density at radius 3 is 2.75 bits per heavy atom. The van der Waals surface area contributed by atoms with Crippen molar-refractivity contribution in [3.8, 4) is 0 Å². The van der Waals surface area contributed by atoms with Gasteiger partial charge in [-0.3, -0.25) is 4.79 Å². The smallest absolute Gasteiger partial charge is 0.231 e. The van der Waals surface area contributed by atoms with Crippen LogP contribution in [0.5, 0.6) is 0 Å². The molecular weight excluding hydrogens is 274 g/mol. The fourth-order valence-electron chi connectivity index (χ4n) is 2.36. The predicted octanol–water partition coefficient (Wildman–Crippen LogP) is 4.15. The summed E-state index contributed by atoms with van der Waals surface area (Å²) in [6.07, 6.45) is 0. The summed E-state index contributed by atoms with van der Waals surface area (Å²) in [6.45, 7) is 0. The van der Waals surface area contributed by atoms with Gasteiger partial charge in [0.2, 0.25) is 11.1 Å². The standard InChI is InChI=1S/C16H8ClNO2/c17-10-5-6-14-11(8-10)15(19)12-7-9-3-1-2-4-13(9)18-16(12)20-14/h1-8H. The van der Waals surface area contributed by atoms with E-state index >= 15 is 0 Å². The number of pyridine rings is 1. The van der Waals surface area contributed by atoms with Crippen LogP contribution in [0.15, 0.2) is 57.7 Å². The Morgan fingerprint density at radius 1 is 1.00 bits per heavy atom. The summed E-state index contributed by atoms with van der Waals surface area (Å²) < 4.78 is 5.72. The Labute approximate surface area is 118 Å². The van der Waals surface area contributed by atoms with Crippen LogP contribution >= 0.6 is 11.6 Å². The molecule has 96 valence electrons. The maximum atomic E-state index is 12.5.